The van der Waals surface area contributed by atoms with E-state index in [1.165, 1.54) is 0 Å². The Morgan fingerprint density at radius 2 is 1.89 bits per heavy atom. The van der Waals surface area contributed by atoms with Crippen molar-refractivity contribution >= 4 is 11.6 Å². The van der Waals surface area contributed by atoms with Crippen molar-refractivity contribution in [3.63, 3.8) is 0 Å². The molecule has 4 nitrogen and oxygen atoms in total. The number of hydrogen-bond donors (Lipinski definition) is 1. The Bertz CT molecular complexity index is 787. The highest BCUT2D eigenvalue weighted by atomic mass is 16.5. The smallest absolute Gasteiger partial charge is 0.258 e. The number of para-hydroxylation sites is 1. The second-order valence-electron chi connectivity index (χ2n) is 7.67. The van der Waals surface area contributed by atoms with Gasteiger partial charge in [0, 0.05) is 11.7 Å². The van der Waals surface area contributed by atoms with Crippen molar-refractivity contribution in [3.05, 3.63) is 59.7 Å². The van der Waals surface area contributed by atoms with Gasteiger partial charge in [-0.25, -0.2) is 0 Å². The van der Waals surface area contributed by atoms with Gasteiger partial charge in [0.2, 0.25) is 0 Å². The van der Waals surface area contributed by atoms with Crippen LogP contribution in [0.25, 0.3) is 0 Å². The molecule has 2 atom stereocenters. The number of amides is 1. The van der Waals surface area contributed by atoms with E-state index in [9.17, 15) is 4.79 Å². The molecule has 1 N–H and O–H groups in total. The SMILES string of the molecule is CCC(C)N1C(=O)c2ccccc2NC1c1cccc(OCCC(C)C)c1. The number of rotatable bonds is 7. The summed E-state index contributed by atoms with van der Waals surface area (Å²) in [6, 6.07) is 16.0. The topological polar surface area (TPSA) is 41.6 Å². The molecular weight excluding hydrogens is 336 g/mol. The molecular formula is C23H30N2O2. The Balaban J connectivity index is 1.90. The fourth-order valence-corrected chi connectivity index (χ4v) is 3.35. The molecule has 0 spiro atoms. The molecule has 2 aromatic rings. The zero-order valence-electron chi connectivity index (χ0n) is 16.7. The first-order valence-corrected chi connectivity index (χ1v) is 9.92. The summed E-state index contributed by atoms with van der Waals surface area (Å²) in [6.07, 6.45) is 1.73. The van der Waals surface area contributed by atoms with E-state index in [2.05, 4.69) is 45.1 Å². The van der Waals surface area contributed by atoms with E-state index < -0.39 is 0 Å². The summed E-state index contributed by atoms with van der Waals surface area (Å²) in [5.41, 5.74) is 2.66. The van der Waals surface area contributed by atoms with Crippen LogP contribution in [-0.2, 0) is 0 Å². The minimum absolute atomic E-state index is 0.0785. The van der Waals surface area contributed by atoms with Gasteiger partial charge in [-0.15, -0.1) is 0 Å². The number of nitrogens with zero attached hydrogens (tertiary/aromatic N) is 1. The van der Waals surface area contributed by atoms with E-state index in [4.69, 9.17) is 4.74 Å². The molecule has 2 aromatic carbocycles. The predicted molar refractivity (Wildman–Crippen MR) is 110 cm³/mol. The third-order valence-electron chi connectivity index (χ3n) is 5.17. The molecule has 144 valence electrons. The van der Waals surface area contributed by atoms with E-state index >= 15 is 0 Å². The van der Waals surface area contributed by atoms with Gasteiger partial charge in [0.15, 0.2) is 0 Å². The minimum atomic E-state index is -0.198. The number of benzene rings is 2. The first kappa shape index (κ1) is 19.3. The van der Waals surface area contributed by atoms with E-state index in [1.54, 1.807) is 0 Å². The van der Waals surface area contributed by atoms with E-state index in [-0.39, 0.29) is 18.1 Å². The molecule has 1 heterocycles. The van der Waals surface area contributed by atoms with Crippen molar-refractivity contribution in [3.8, 4) is 5.75 Å². The van der Waals surface area contributed by atoms with Crippen LogP contribution in [0.3, 0.4) is 0 Å². The maximum absolute atomic E-state index is 13.2. The minimum Gasteiger partial charge on any atom is -0.494 e. The van der Waals surface area contributed by atoms with E-state index in [1.807, 2.05) is 41.3 Å². The number of hydrogen-bond acceptors (Lipinski definition) is 3. The maximum atomic E-state index is 13.2. The Hall–Kier alpha value is -2.49. The molecule has 0 saturated carbocycles. The van der Waals surface area contributed by atoms with Gasteiger partial charge in [-0.05, 0) is 55.5 Å². The molecule has 0 fully saturated rings. The quantitative estimate of drug-likeness (QED) is 0.706. The molecule has 27 heavy (non-hydrogen) atoms. The van der Waals surface area contributed by atoms with Crippen LogP contribution in [0.4, 0.5) is 5.69 Å². The van der Waals surface area contributed by atoms with Gasteiger partial charge in [-0.3, -0.25) is 4.79 Å². The lowest BCUT2D eigenvalue weighted by molar-refractivity contribution is 0.0593. The first-order chi connectivity index (χ1) is 13.0. The van der Waals surface area contributed by atoms with Gasteiger partial charge >= 0.3 is 0 Å². The molecule has 0 bridgehead atoms. The van der Waals surface area contributed by atoms with Crippen LogP contribution in [-0.4, -0.2) is 23.5 Å². The molecule has 4 heteroatoms. The number of anilines is 1. The van der Waals surface area contributed by atoms with Crippen molar-refractivity contribution in [2.24, 2.45) is 5.92 Å². The molecule has 3 rings (SSSR count). The highest BCUT2D eigenvalue weighted by Crippen LogP contribution is 2.35. The Kier molecular flexibility index (Phi) is 6.04. The molecule has 0 aromatic heterocycles. The highest BCUT2D eigenvalue weighted by Gasteiger charge is 2.35. The number of nitrogens with one attached hydrogen (secondary N) is 1. The average Bonchev–Trinajstić information content (AvgIpc) is 2.67. The van der Waals surface area contributed by atoms with E-state index in [0.717, 1.165) is 35.4 Å². The number of carbonyl (C=O) groups excluding carboxylic acids is 1. The lowest BCUT2D eigenvalue weighted by atomic mass is 10.0. The molecule has 1 amide bonds. The Morgan fingerprint density at radius 1 is 1.11 bits per heavy atom. The summed E-state index contributed by atoms with van der Waals surface area (Å²) >= 11 is 0. The zero-order valence-corrected chi connectivity index (χ0v) is 16.7. The van der Waals surface area contributed by atoms with Crippen molar-refractivity contribution in [2.45, 2.75) is 52.7 Å². The fraction of sp³-hybridized carbons (Fsp3) is 0.435. The van der Waals surface area contributed by atoms with Gasteiger partial charge < -0.3 is 15.0 Å². The van der Waals surface area contributed by atoms with Gasteiger partial charge in [-0.2, -0.15) is 0 Å². The van der Waals surface area contributed by atoms with Crippen LogP contribution in [0, 0.1) is 5.92 Å². The third-order valence-corrected chi connectivity index (χ3v) is 5.17. The second kappa shape index (κ2) is 8.47. The number of fused-ring (bicyclic) bond motifs is 1. The zero-order chi connectivity index (χ0) is 19.4. The van der Waals surface area contributed by atoms with Crippen molar-refractivity contribution in [1.29, 1.82) is 0 Å². The van der Waals surface area contributed by atoms with Gasteiger partial charge in [0.1, 0.15) is 11.9 Å². The predicted octanol–water partition coefficient (Wildman–Crippen LogP) is 5.48. The van der Waals surface area contributed by atoms with Crippen molar-refractivity contribution < 1.29 is 9.53 Å². The monoisotopic (exact) mass is 366 g/mol. The maximum Gasteiger partial charge on any atom is 0.258 e. The van der Waals surface area contributed by atoms with Crippen molar-refractivity contribution in [1.82, 2.24) is 4.90 Å². The van der Waals surface area contributed by atoms with Crippen LogP contribution in [0.2, 0.25) is 0 Å². The first-order valence-electron chi connectivity index (χ1n) is 9.92. The van der Waals surface area contributed by atoms with Crippen LogP contribution in [0.5, 0.6) is 5.75 Å². The largest absolute Gasteiger partial charge is 0.494 e. The van der Waals surface area contributed by atoms with Crippen LogP contribution >= 0.6 is 0 Å². The van der Waals surface area contributed by atoms with Crippen LogP contribution in [0.1, 0.15) is 62.6 Å². The van der Waals surface area contributed by atoms with Gasteiger partial charge in [-0.1, -0.05) is 45.0 Å². The Labute approximate surface area is 162 Å². The number of carbonyl (C=O) groups is 1. The van der Waals surface area contributed by atoms with Gasteiger partial charge in [0.25, 0.3) is 5.91 Å². The molecule has 1 aliphatic rings. The lowest BCUT2D eigenvalue weighted by Gasteiger charge is -2.41. The molecule has 0 aliphatic carbocycles. The molecule has 1 aliphatic heterocycles. The van der Waals surface area contributed by atoms with E-state index in [0.29, 0.717) is 12.5 Å². The molecule has 2 unspecified atom stereocenters. The number of ether oxygens (including phenoxy) is 1. The fourth-order valence-electron chi connectivity index (χ4n) is 3.35. The molecule has 0 saturated heterocycles. The second-order valence-corrected chi connectivity index (χ2v) is 7.67. The summed E-state index contributed by atoms with van der Waals surface area (Å²) in [7, 11) is 0. The average molecular weight is 367 g/mol. The lowest BCUT2D eigenvalue weighted by Crippen LogP contribution is -2.47. The normalized spacial score (nSPS) is 17.4. The van der Waals surface area contributed by atoms with Crippen LogP contribution < -0.4 is 10.1 Å². The van der Waals surface area contributed by atoms with Gasteiger partial charge in [0.05, 0.1) is 12.2 Å². The summed E-state index contributed by atoms with van der Waals surface area (Å²) in [4.78, 5) is 15.1. The van der Waals surface area contributed by atoms with Crippen LogP contribution in [0.15, 0.2) is 48.5 Å². The molecule has 0 radical (unpaired) electrons. The summed E-state index contributed by atoms with van der Waals surface area (Å²) < 4.78 is 5.94. The van der Waals surface area contributed by atoms with Crippen molar-refractivity contribution in [2.75, 3.05) is 11.9 Å². The Morgan fingerprint density at radius 3 is 2.63 bits per heavy atom. The summed E-state index contributed by atoms with van der Waals surface area (Å²) in [5, 5.41) is 3.56. The third kappa shape index (κ3) is 4.26. The highest BCUT2D eigenvalue weighted by molar-refractivity contribution is 6.01. The summed E-state index contributed by atoms with van der Waals surface area (Å²) in [6.45, 7) is 9.30. The summed E-state index contributed by atoms with van der Waals surface area (Å²) in [5.74, 6) is 1.54. The standard InChI is InChI=1S/C23H30N2O2/c1-5-17(4)25-22(24-21-12-7-6-11-20(21)23(25)26)18-9-8-10-19(15-18)27-14-13-16(2)3/h6-12,15-17,22,24H,5,13-14H2,1-4H3.